The Balaban J connectivity index is 1.24. The van der Waals surface area contributed by atoms with Crippen LogP contribution in [0.4, 0.5) is 0 Å². The van der Waals surface area contributed by atoms with Gasteiger partial charge in [-0.2, -0.15) is 4.57 Å². The molecule has 1 aliphatic rings. The number of aromatic nitrogens is 4. The van der Waals surface area contributed by atoms with E-state index in [1.165, 1.54) is 61.5 Å². The Hall–Kier alpha value is -6.26. The maximum Gasteiger partial charge on any atom is 0.213 e. The highest BCUT2D eigenvalue weighted by Gasteiger charge is 2.40. The molecule has 0 N–H and O–H groups in total. The molecule has 0 saturated heterocycles. The van der Waals surface area contributed by atoms with Gasteiger partial charge in [0.05, 0.1) is 16.6 Å². The van der Waals surface area contributed by atoms with E-state index in [0.717, 1.165) is 33.3 Å². The first-order valence-electron chi connectivity index (χ1n) is 18.5. The molecular formula is C49H42N4+2. The van der Waals surface area contributed by atoms with Gasteiger partial charge < -0.3 is 0 Å². The number of aryl methyl sites for hydroxylation is 4. The van der Waals surface area contributed by atoms with Crippen molar-refractivity contribution in [1.29, 1.82) is 0 Å². The minimum absolute atomic E-state index is 0.102. The SMILES string of the molecule is Cc1ccc(-c2cc(C)ccc2-c2ccc(-c3ccc(C4C(C)c5ccccc5-c5cc(C)cc[n+]54)c(-c4cccc[n+]4C)c3)c3nccnc23)cc1. The lowest BCUT2D eigenvalue weighted by molar-refractivity contribution is -0.708. The van der Waals surface area contributed by atoms with Crippen molar-refractivity contribution in [2.75, 3.05) is 0 Å². The van der Waals surface area contributed by atoms with E-state index in [-0.39, 0.29) is 12.0 Å². The van der Waals surface area contributed by atoms with E-state index < -0.39 is 0 Å². The van der Waals surface area contributed by atoms with Crippen LogP contribution in [0.15, 0.2) is 152 Å². The van der Waals surface area contributed by atoms with Crippen molar-refractivity contribution in [3.63, 3.8) is 0 Å². The van der Waals surface area contributed by atoms with Crippen LogP contribution in [0.1, 0.15) is 46.7 Å². The van der Waals surface area contributed by atoms with Crippen LogP contribution in [0.5, 0.6) is 0 Å². The maximum atomic E-state index is 5.01. The Morgan fingerprint density at radius 1 is 0.472 bits per heavy atom. The molecule has 2 unspecified atom stereocenters. The molecule has 3 aromatic heterocycles. The highest BCUT2D eigenvalue weighted by atomic mass is 15.0. The Bertz CT molecular complexity index is 2690. The molecule has 8 aromatic rings. The highest BCUT2D eigenvalue weighted by Crippen LogP contribution is 2.45. The van der Waals surface area contributed by atoms with Gasteiger partial charge in [0.2, 0.25) is 11.4 Å². The molecule has 1 aliphatic heterocycles. The van der Waals surface area contributed by atoms with Crippen LogP contribution in [0.3, 0.4) is 0 Å². The van der Waals surface area contributed by atoms with E-state index in [2.05, 4.69) is 184 Å². The second-order valence-corrected chi connectivity index (χ2v) is 14.6. The molecule has 0 saturated carbocycles. The number of rotatable bonds is 5. The van der Waals surface area contributed by atoms with Crippen molar-refractivity contribution in [3.05, 3.63) is 180 Å². The predicted octanol–water partition coefficient (Wildman–Crippen LogP) is 10.7. The standard InChI is InChI=1S/C49H42N4/c1-31-13-16-35(17-14-31)43-28-32(2)15-19-39(43)41-22-21-38(47-48(41)51-25-24-50-47)36-18-20-42(44(30-36)45-12-8-9-26-52(45)5)49-34(4)37-10-6-7-11-40(37)46-29-33(3)23-27-53(46)49/h6-30,34,49H,1-5H3/q+2. The molecule has 0 amide bonds. The third-order valence-electron chi connectivity index (χ3n) is 11.1. The maximum absolute atomic E-state index is 5.01. The van der Waals surface area contributed by atoms with Crippen molar-refractivity contribution in [1.82, 2.24) is 9.97 Å². The summed E-state index contributed by atoms with van der Waals surface area (Å²) in [5, 5.41) is 0. The minimum Gasteiger partial charge on any atom is -0.252 e. The fourth-order valence-electron chi connectivity index (χ4n) is 8.41. The van der Waals surface area contributed by atoms with Gasteiger partial charge in [0.25, 0.3) is 0 Å². The minimum atomic E-state index is 0.102. The van der Waals surface area contributed by atoms with Crippen LogP contribution in [0.25, 0.3) is 66.9 Å². The van der Waals surface area contributed by atoms with Gasteiger partial charge in [-0.05, 0) is 72.4 Å². The summed E-state index contributed by atoms with van der Waals surface area (Å²) in [6, 6.07) is 47.0. The number of fused-ring (bicyclic) bond motifs is 4. The zero-order valence-corrected chi connectivity index (χ0v) is 30.9. The molecular weight excluding hydrogens is 645 g/mol. The summed E-state index contributed by atoms with van der Waals surface area (Å²) >= 11 is 0. The third kappa shape index (κ3) is 5.62. The molecule has 4 heteroatoms. The van der Waals surface area contributed by atoms with Gasteiger partial charge in [-0.15, -0.1) is 0 Å². The van der Waals surface area contributed by atoms with Crippen molar-refractivity contribution in [2.24, 2.45) is 7.05 Å². The molecule has 4 heterocycles. The lowest BCUT2D eigenvalue weighted by Crippen LogP contribution is -2.47. The molecule has 5 aromatic carbocycles. The van der Waals surface area contributed by atoms with Gasteiger partial charge >= 0.3 is 0 Å². The molecule has 0 fully saturated rings. The monoisotopic (exact) mass is 686 g/mol. The Kier molecular flexibility index (Phi) is 8.04. The zero-order valence-electron chi connectivity index (χ0n) is 30.9. The molecule has 0 radical (unpaired) electrons. The van der Waals surface area contributed by atoms with Gasteiger partial charge in [0, 0.05) is 64.8 Å². The van der Waals surface area contributed by atoms with Crippen LogP contribution < -0.4 is 9.13 Å². The quantitative estimate of drug-likeness (QED) is 0.169. The largest absolute Gasteiger partial charge is 0.252 e. The van der Waals surface area contributed by atoms with Crippen LogP contribution in [0, 0.1) is 20.8 Å². The van der Waals surface area contributed by atoms with E-state index >= 15 is 0 Å². The number of nitrogens with zero attached hydrogens (tertiary/aromatic N) is 4. The normalized spacial score (nSPS) is 14.9. The van der Waals surface area contributed by atoms with Gasteiger partial charge in [-0.25, -0.2) is 4.57 Å². The summed E-state index contributed by atoms with van der Waals surface area (Å²) in [5.74, 6) is 0.258. The van der Waals surface area contributed by atoms with E-state index in [1.54, 1.807) is 0 Å². The zero-order chi connectivity index (χ0) is 36.2. The molecule has 9 rings (SSSR count). The molecule has 2 atom stereocenters. The second-order valence-electron chi connectivity index (χ2n) is 14.6. The van der Waals surface area contributed by atoms with Crippen LogP contribution in [-0.2, 0) is 7.05 Å². The third-order valence-corrected chi connectivity index (χ3v) is 11.1. The fourth-order valence-corrected chi connectivity index (χ4v) is 8.41. The van der Waals surface area contributed by atoms with Crippen LogP contribution >= 0.6 is 0 Å². The number of hydrogen-bond donors (Lipinski definition) is 0. The van der Waals surface area contributed by atoms with Gasteiger partial charge in [0.1, 0.15) is 7.05 Å². The van der Waals surface area contributed by atoms with Crippen molar-refractivity contribution in [3.8, 4) is 55.9 Å². The van der Waals surface area contributed by atoms with Gasteiger partial charge in [-0.3, -0.25) is 9.97 Å². The number of hydrogen-bond acceptors (Lipinski definition) is 2. The smallest absolute Gasteiger partial charge is 0.213 e. The van der Waals surface area contributed by atoms with Crippen molar-refractivity contribution < 1.29 is 9.13 Å². The van der Waals surface area contributed by atoms with Crippen LogP contribution in [0.2, 0.25) is 0 Å². The first-order valence-corrected chi connectivity index (χ1v) is 18.5. The highest BCUT2D eigenvalue weighted by molar-refractivity contribution is 6.03. The van der Waals surface area contributed by atoms with Crippen molar-refractivity contribution >= 4 is 11.0 Å². The molecule has 256 valence electrons. The molecule has 4 nitrogen and oxygen atoms in total. The summed E-state index contributed by atoms with van der Waals surface area (Å²) in [7, 11) is 2.14. The predicted molar refractivity (Wildman–Crippen MR) is 215 cm³/mol. The molecule has 0 aliphatic carbocycles. The average Bonchev–Trinajstić information content (AvgIpc) is 3.18. The van der Waals surface area contributed by atoms with Gasteiger partial charge in [0.15, 0.2) is 18.4 Å². The van der Waals surface area contributed by atoms with E-state index in [4.69, 9.17) is 9.97 Å². The first kappa shape index (κ1) is 32.6. The first-order chi connectivity index (χ1) is 25.9. The molecule has 0 spiro atoms. The summed E-state index contributed by atoms with van der Waals surface area (Å²) in [6.45, 7) is 8.84. The van der Waals surface area contributed by atoms with E-state index in [1.807, 2.05) is 12.4 Å². The fraction of sp³-hybridized carbons (Fsp3) is 0.143. The van der Waals surface area contributed by atoms with Crippen molar-refractivity contribution in [2.45, 2.75) is 39.7 Å². The summed E-state index contributed by atoms with van der Waals surface area (Å²) in [6.07, 6.45) is 8.04. The number of pyridine rings is 2. The van der Waals surface area contributed by atoms with Gasteiger partial charge in [-0.1, -0.05) is 103 Å². The molecule has 53 heavy (non-hydrogen) atoms. The Labute approximate surface area is 311 Å². The Morgan fingerprint density at radius 3 is 1.96 bits per heavy atom. The summed E-state index contributed by atoms with van der Waals surface area (Å²) < 4.78 is 4.72. The second kappa shape index (κ2) is 13.1. The van der Waals surface area contributed by atoms with E-state index in [0.29, 0.717) is 0 Å². The number of benzene rings is 5. The van der Waals surface area contributed by atoms with Crippen LogP contribution in [-0.4, -0.2) is 9.97 Å². The Morgan fingerprint density at radius 2 is 1.15 bits per heavy atom. The summed E-state index contributed by atoms with van der Waals surface area (Å²) in [5.41, 5.74) is 20.0. The molecule has 0 bridgehead atoms. The lowest BCUT2D eigenvalue weighted by atomic mass is 9.79. The lowest BCUT2D eigenvalue weighted by Gasteiger charge is -2.29. The topological polar surface area (TPSA) is 33.5 Å². The van der Waals surface area contributed by atoms with E-state index in [9.17, 15) is 0 Å². The average molecular weight is 687 g/mol. The summed E-state index contributed by atoms with van der Waals surface area (Å²) in [4.78, 5) is 10.0.